The van der Waals surface area contributed by atoms with Crippen LogP contribution in [0.1, 0.15) is 42.2 Å². The third-order valence-corrected chi connectivity index (χ3v) is 5.52. The van der Waals surface area contributed by atoms with Crippen molar-refractivity contribution in [1.82, 2.24) is 30.0 Å². The number of ether oxygens (including phenoxy) is 1. The second kappa shape index (κ2) is 8.59. The molecule has 29 heavy (non-hydrogen) atoms. The van der Waals surface area contributed by atoms with E-state index < -0.39 is 0 Å². The fourth-order valence-electron chi connectivity index (χ4n) is 3.75. The van der Waals surface area contributed by atoms with Crippen LogP contribution in [0.15, 0.2) is 6.07 Å². The highest BCUT2D eigenvalue weighted by Crippen LogP contribution is 2.18. The molecule has 0 bridgehead atoms. The number of aryl methyl sites for hydroxylation is 3. The molecule has 0 atom stereocenters. The van der Waals surface area contributed by atoms with E-state index in [-0.39, 0.29) is 11.4 Å². The number of hydrogen-bond acceptors (Lipinski definition) is 6. The Hall–Kier alpha value is -2.32. The summed E-state index contributed by atoms with van der Waals surface area (Å²) in [5.41, 5.74) is 4.33. The molecule has 0 radical (unpaired) electrons. The van der Waals surface area contributed by atoms with Crippen molar-refractivity contribution >= 4 is 5.91 Å². The Bertz CT molecular complexity index is 863. The van der Waals surface area contributed by atoms with Gasteiger partial charge in [0.15, 0.2) is 0 Å². The van der Waals surface area contributed by atoms with Crippen LogP contribution in [-0.2, 0) is 16.0 Å². The van der Waals surface area contributed by atoms with Crippen LogP contribution in [-0.4, -0.2) is 68.9 Å². The van der Waals surface area contributed by atoms with Crippen LogP contribution in [0, 0.1) is 27.7 Å². The van der Waals surface area contributed by atoms with Crippen molar-refractivity contribution in [3.8, 4) is 5.95 Å². The fourth-order valence-corrected chi connectivity index (χ4v) is 3.75. The third kappa shape index (κ3) is 5.00. The SMILES string of the molecule is Cc1cc(C)nc(-n2nc(C)c(CC(=O)NCC(C)(C)N3CCOCC3)c2C)n1. The Balaban J connectivity index is 1.68. The van der Waals surface area contributed by atoms with Crippen molar-refractivity contribution in [1.29, 1.82) is 0 Å². The van der Waals surface area contributed by atoms with Gasteiger partial charge < -0.3 is 10.1 Å². The molecule has 8 heteroatoms. The smallest absolute Gasteiger partial charge is 0.251 e. The van der Waals surface area contributed by atoms with Gasteiger partial charge in [-0.1, -0.05) is 0 Å². The molecule has 3 rings (SSSR count). The molecule has 158 valence electrons. The van der Waals surface area contributed by atoms with E-state index in [1.807, 2.05) is 33.8 Å². The molecule has 0 spiro atoms. The maximum atomic E-state index is 12.7. The van der Waals surface area contributed by atoms with Crippen LogP contribution in [0.4, 0.5) is 0 Å². The van der Waals surface area contributed by atoms with E-state index in [1.165, 1.54) is 0 Å². The number of hydrogen-bond donors (Lipinski definition) is 1. The zero-order chi connectivity index (χ0) is 21.2. The second-order valence-electron chi connectivity index (χ2n) is 8.38. The summed E-state index contributed by atoms with van der Waals surface area (Å²) >= 11 is 0. The summed E-state index contributed by atoms with van der Waals surface area (Å²) in [6.07, 6.45) is 0.293. The highest BCUT2D eigenvalue weighted by molar-refractivity contribution is 5.79. The van der Waals surface area contributed by atoms with Crippen LogP contribution >= 0.6 is 0 Å². The second-order valence-corrected chi connectivity index (χ2v) is 8.38. The molecule has 1 N–H and O–H groups in total. The average Bonchev–Trinajstić information content (AvgIpc) is 2.95. The first-order chi connectivity index (χ1) is 13.7. The molecule has 0 unspecified atom stereocenters. The van der Waals surface area contributed by atoms with E-state index in [9.17, 15) is 4.79 Å². The van der Waals surface area contributed by atoms with E-state index >= 15 is 0 Å². The van der Waals surface area contributed by atoms with Gasteiger partial charge in [-0.05, 0) is 47.6 Å². The largest absolute Gasteiger partial charge is 0.379 e. The highest BCUT2D eigenvalue weighted by atomic mass is 16.5. The van der Waals surface area contributed by atoms with Gasteiger partial charge in [-0.3, -0.25) is 9.69 Å². The standard InChI is InChI=1S/C21H32N6O2/c1-14-11-15(2)24-20(23-14)27-17(4)18(16(3)25-27)12-19(28)22-13-21(5,6)26-7-9-29-10-8-26/h11H,7-10,12-13H2,1-6H3,(H,22,28). The first kappa shape index (κ1) is 21.4. The molecule has 0 aromatic carbocycles. The minimum absolute atomic E-state index is 0.00146. The predicted molar refractivity (Wildman–Crippen MR) is 111 cm³/mol. The summed E-state index contributed by atoms with van der Waals surface area (Å²) in [4.78, 5) is 24.0. The molecule has 1 fully saturated rings. The van der Waals surface area contributed by atoms with Gasteiger partial charge >= 0.3 is 0 Å². The summed E-state index contributed by atoms with van der Waals surface area (Å²) in [6, 6.07) is 1.93. The number of carbonyl (C=O) groups is 1. The lowest BCUT2D eigenvalue weighted by Gasteiger charge is -2.40. The summed E-state index contributed by atoms with van der Waals surface area (Å²) in [7, 11) is 0. The monoisotopic (exact) mass is 400 g/mol. The minimum Gasteiger partial charge on any atom is -0.379 e. The number of nitrogens with zero attached hydrogens (tertiary/aromatic N) is 5. The Morgan fingerprint density at radius 1 is 1.14 bits per heavy atom. The Kier molecular flexibility index (Phi) is 6.33. The van der Waals surface area contributed by atoms with Crippen LogP contribution in [0.5, 0.6) is 0 Å². The summed E-state index contributed by atoms with van der Waals surface area (Å²) in [6.45, 7) is 15.9. The van der Waals surface area contributed by atoms with Gasteiger partial charge in [0, 0.05) is 47.8 Å². The third-order valence-electron chi connectivity index (χ3n) is 5.52. The number of nitrogens with one attached hydrogen (secondary N) is 1. The number of carbonyl (C=O) groups excluding carboxylic acids is 1. The lowest BCUT2D eigenvalue weighted by molar-refractivity contribution is -0.121. The van der Waals surface area contributed by atoms with Gasteiger partial charge in [0.1, 0.15) is 0 Å². The maximum Gasteiger partial charge on any atom is 0.251 e. The van der Waals surface area contributed by atoms with Gasteiger partial charge in [0.25, 0.3) is 5.95 Å². The van der Waals surface area contributed by atoms with Crippen molar-refractivity contribution in [2.45, 2.75) is 53.5 Å². The summed E-state index contributed by atoms with van der Waals surface area (Å²) in [5, 5.41) is 7.69. The molecular formula is C21H32N6O2. The van der Waals surface area contributed by atoms with Gasteiger partial charge in [0.2, 0.25) is 5.91 Å². The van der Waals surface area contributed by atoms with E-state index in [1.54, 1.807) is 4.68 Å². The Morgan fingerprint density at radius 3 is 2.38 bits per heavy atom. The van der Waals surface area contributed by atoms with Crippen LogP contribution in [0.2, 0.25) is 0 Å². The van der Waals surface area contributed by atoms with Crippen molar-refractivity contribution in [3.05, 3.63) is 34.4 Å². The minimum atomic E-state index is -0.110. The Labute approximate surface area is 172 Å². The van der Waals surface area contributed by atoms with Gasteiger partial charge in [0.05, 0.1) is 25.3 Å². The van der Waals surface area contributed by atoms with Crippen molar-refractivity contribution in [2.75, 3.05) is 32.8 Å². The van der Waals surface area contributed by atoms with Crippen LogP contribution < -0.4 is 5.32 Å². The zero-order valence-corrected chi connectivity index (χ0v) is 18.4. The van der Waals surface area contributed by atoms with Crippen molar-refractivity contribution in [2.24, 2.45) is 0 Å². The molecule has 3 heterocycles. The van der Waals surface area contributed by atoms with E-state index in [0.717, 1.165) is 54.6 Å². The zero-order valence-electron chi connectivity index (χ0n) is 18.4. The molecular weight excluding hydrogens is 368 g/mol. The summed E-state index contributed by atoms with van der Waals surface area (Å²) in [5.74, 6) is 0.543. The fraction of sp³-hybridized carbons (Fsp3) is 0.619. The predicted octanol–water partition coefficient (Wildman–Crippen LogP) is 1.67. The maximum absolute atomic E-state index is 12.7. The lowest BCUT2D eigenvalue weighted by atomic mass is 10.0. The lowest BCUT2D eigenvalue weighted by Crippen LogP contribution is -2.55. The topological polar surface area (TPSA) is 85.2 Å². The molecule has 1 aliphatic heterocycles. The number of aromatic nitrogens is 4. The van der Waals surface area contributed by atoms with E-state index in [4.69, 9.17) is 4.74 Å². The van der Waals surface area contributed by atoms with Crippen LogP contribution in [0.25, 0.3) is 5.95 Å². The Morgan fingerprint density at radius 2 is 1.76 bits per heavy atom. The molecule has 1 amide bonds. The van der Waals surface area contributed by atoms with Gasteiger partial charge in [-0.2, -0.15) is 5.10 Å². The quantitative estimate of drug-likeness (QED) is 0.794. The molecule has 0 saturated carbocycles. The molecule has 2 aromatic rings. The van der Waals surface area contributed by atoms with Gasteiger partial charge in [-0.25, -0.2) is 14.6 Å². The molecule has 0 aliphatic carbocycles. The van der Waals surface area contributed by atoms with Crippen molar-refractivity contribution in [3.63, 3.8) is 0 Å². The van der Waals surface area contributed by atoms with Crippen molar-refractivity contribution < 1.29 is 9.53 Å². The van der Waals surface area contributed by atoms with Gasteiger partial charge in [-0.15, -0.1) is 0 Å². The summed E-state index contributed by atoms with van der Waals surface area (Å²) < 4.78 is 7.16. The van der Waals surface area contributed by atoms with E-state index in [2.05, 4.69) is 39.1 Å². The first-order valence-electron chi connectivity index (χ1n) is 10.1. The average molecular weight is 401 g/mol. The highest BCUT2D eigenvalue weighted by Gasteiger charge is 2.29. The number of morpholine rings is 1. The van der Waals surface area contributed by atoms with Crippen LogP contribution in [0.3, 0.4) is 0 Å². The number of rotatable bonds is 6. The number of amides is 1. The molecule has 2 aromatic heterocycles. The normalized spacial score (nSPS) is 15.5. The molecule has 1 aliphatic rings. The van der Waals surface area contributed by atoms with E-state index in [0.29, 0.717) is 18.9 Å². The first-order valence-corrected chi connectivity index (χ1v) is 10.1. The molecule has 1 saturated heterocycles. The molecule has 8 nitrogen and oxygen atoms in total.